The summed E-state index contributed by atoms with van der Waals surface area (Å²) in [6.45, 7) is 0. The van der Waals surface area contributed by atoms with E-state index < -0.39 is 0 Å². The van der Waals surface area contributed by atoms with Crippen LogP contribution < -0.4 is 0 Å². The average Bonchev–Trinajstić information content (AvgIpc) is 3.29. The summed E-state index contributed by atoms with van der Waals surface area (Å²) < 4.78 is 0. The summed E-state index contributed by atoms with van der Waals surface area (Å²) in [7, 11) is 0. The number of rotatable bonds is 3. The van der Waals surface area contributed by atoms with Gasteiger partial charge in [-0.2, -0.15) is 0 Å². The first-order valence-electron chi connectivity index (χ1n) is 6.85. The van der Waals surface area contributed by atoms with Gasteiger partial charge < -0.3 is 0 Å². The van der Waals surface area contributed by atoms with Crippen molar-refractivity contribution in [3.8, 4) is 20.9 Å². The van der Waals surface area contributed by atoms with E-state index in [4.69, 9.17) is 0 Å². The molecule has 1 aliphatic rings. The predicted octanol–water partition coefficient (Wildman–Crippen LogP) is 5.90. The molecule has 0 bridgehead atoms. The minimum Gasteiger partial charge on any atom is -0.144 e. The van der Waals surface area contributed by atoms with Gasteiger partial charge in [0, 0.05) is 15.7 Å². The fourth-order valence-electron chi connectivity index (χ4n) is 2.53. The van der Waals surface area contributed by atoms with Gasteiger partial charge >= 0.3 is 0 Å². The topological polar surface area (TPSA) is 0 Å². The smallest absolute Gasteiger partial charge is 0.0343 e. The third-order valence-corrected chi connectivity index (χ3v) is 5.38. The highest BCUT2D eigenvalue weighted by Crippen LogP contribution is 2.37. The molecule has 0 aliphatic heterocycles. The molecule has 101 valence electrons. The normalized spacial score (nSPS) is 15.6. The van der Waals surface area contributed by atoms with Crippen molar-refractivity contribution >= 4 is 22.7 Å². The first-order valence-corrected chi connectivity index (χ1v) is 8.61. The summed E-state index contributed by atoms with van der Waals surface area (Å²) in [5, 5.41) is 4.27. The van der Waals surface area contributed by atoms with E-state index in [1.807, 2.05) is 0 Å². The third kappa shape index (κ3) is 2.70. The zero-order valence-electron chi connectivity index (χ0n) is 11.3. The van der Waals surface area contributed by atoms with Crippen molar-refractivity contribution in [2.24, 2.45) is 0 Å². The van der Waals surface area contributed by atoms with E-state index in [1.165, 1.54) is 32.4 Å². The van der Waals surface area contributed by atoms with Crippen molar-refractivity contribution in [2.75, 3.05) is 0 Å². The fraction of sp³-hybridized carbons (Fsp3) is 0. The first kappa shape index (κ1) is 13.3. The molecule has 0 spiro atoms. The van der Waals surface area contributed by atoms with E-state index >= 15 is 0 Å². The molecular weight excluding hydrogens is 292 g/mol. The van der Waals surface area contributed by atoms with Crippen molar-refractivity contribution in [1.82, 2.24) is 0 Å². The molecule has 1 saturated carbocycles. The summed E-state index contributed by atoms with van der Waals surface area (Å²) in [6.07, 6.45) is 8.54. The summed E-state index contributed by atoms with van der Waals surface area (Å²) >= 11 is 3.58. The van der Waals surface area contributed by atoms with E-state index in [1.54, 1.807) is 22.7 Å². The molecule has 0 saturated heterocycles. The third-order valence-electron chi connectivity index (χ3n) is 3.54. The van der Waals surface area contributed by atoms with Crippen LogP contribution in [0.4, 0.5) is 0 Å². The van der Waals surface area contributed by atoms with Gasteiger partial charge in [-0.1, -0.05) is 12.1 Å². The van der Waals surface area contributed by atoms with E-state index in [9.17, 15) is 0 Å². The van der Waals surface area contributed by atoms with Crippen LogP contribution in [0.3, 0.4) is 0 Å². The molecule has 5 radical (unpaired) electrons. The van der Waals surface area contributed by atoms with Crippen LogP contribution in [-0.4, -0.2) is 0 Å². The van der Waals surface area contributed by atoms with Crippen molar-refractivity contribution in [2.45, 2.75) is 0 Å². The van der Waals surface area contributed by atoms with Crippen LogP contribution >= 0.6 is 22.7 Å². The Morgan fingerprint density at radius 1 is 0.619 bits per heavy atom. The molecule has 3 aromatic rings. The average molecular weight is 305 g/mol. The van der Waals surface area contributed by atoms with E-state index in [0.29, 0.717) is 0 Å². The number of thiophene rings is 2. The predicted molar refractivity (Wildman–Crippen MR) is 92.6 cm³/mol. The van der Waals surface area contributed by atoms with Gasteiger partial charge in [-0.05, 0) is 83.5 Å². The Balaban J connectivity index is 1.83. The molecule has 2 aromatic heterocycles. The van der Waals surface area contributed by atoms with Crippen LogP contribution in [-0.2, 0) is 0 Å². The van der Waals surface area contributed by atoms with E-state index in [0.717, 1.165) is 0 Å². The second-order valence-electron chi connectivity index (χ2n) is 4.93. The van der Waals surface area contributed by atoms with Gasteiger partial charge in [0.2, 0.25) is 0 Å². The highest BCUT2D eigenvalue weighted by atomic mass is 32.1. The number of benzene rings is 1. The lowest BCUT2D eigenvalue weighted by molar-refractivity contribution is 1.29. The lowest BCUT2D eigenvalue weighted by atomic mass is 9.93. The molecule has 1 fully saturated rings. The molecule has 0 amide bonds. The molecule has 2 heterocycles. The Labute approximate surface area is 134 Å². The molecule has 21 heavy (non-hydrogen) atoms. The zero-order chi connectivity index (χ0) is 14.1. The molecule has 0 unspecified atom stereocenters. The van der Waals surface area contributed by atoms with Crippen molar-refractivity contribution in [3.63, 3.8) is 0 Å². The van der Waals surface area contributed by atoms with Crippen LogP contribution in [0.1, 0.15) is 5.56 Å². The fourth-order valence-corrected chi connectivity index (χ4v) is 3.96. The second-order valence-corrected chi connectivity index (χ2v) is 6.82. The Hall–Kier alpha value is -1.38. The van der Waals surface area contributed by atoms with Gasteiger partial charge in [-0.15, -0.1) is 22.7 Å². The maximum Gasteiger partial charge on any atom is 0.0343 e. The molecule has 1 aromatic carbocycles. The minimum absolute atomic E-state index is 1.28. The summed E-state index contributed by atoms with van der Waals surface area (Å²) in [5.74, 6) is 1.28. The largest absolute Gasteiger partial charge is 0.144 e. The zero-order valence-corrected chi connectivity index (χ0v) is 13.0. The standard InChI is InChI=1S/C19H13S2/c1-2-6-14(5-1)15-11-16(18-7-3-9-20-18)13-17(12-15)19-8-4-10-21-19/h1-13H. The van der Waals surface area contributed by atoms with Gasteiger partial charge in [0.15, 0.2) is 0 Å². The number of hydrogen-bond donors (Lipinski definition) is 0. The van der Waals surface area contributed by atoms with Crippen LogP contribution in [0, 0.1) is 31.6 Å². The molecule has 0 atom stereocenters. The molecule has 1 aliphatic carbocycles. The monoisotopic (exact) mass is 305 g/mol. The Morgan fingerprint density at radius 3 is 1.62 bits per heavy atom. The summed E-state index contributed by atoms with van der Waals surface area (Å²) in [4.78, 5) is 2.64. The Bertz CT molecular complexity index is 650. The van der Waals surface area contributed by atoms with Gasteiger partial charge in [-0.25, -0.2) is 0 Å². The molecule has 0 nitrogen and oxygen atoms in total. The van der Waals surface area contributed by atoms with Crippen LogP contribution in [0.15, 0.2) is 53.2 Å². The quantitative estimate of drug-likeness (QED) is 0.565. The lowest BCUT2D eigenvalue weighted by Gasteiger charge is -2.12. The Kier molecular flexibility index (Phi) is 3.66. The van der Waals surface area contributed by atoms with E-state index in [-0.39, 0.29) is 0 Å². The van der Waals surface area contributed by atoms with Gasteiger partial charge in [0.25, 0.3) is 0 Å². The van der Waals surface area contributed by atoms with E-state index in [2.05, 4.69) is 78.9 Å². The van der Waals surface area contributed by atoms with Crippen molar-refractivity contribution in [3.05, 3.63) is 90.4 Å². The second kappa shape index (κ2) is 5.78. The van der Waals surface area contributed by atoms with Gasteiger partial charge in [0.1, 0.15) is 0 Å². The summed E-state index contributed by atoms with van der Waals surface area (Å²) in [5.41, 5.74) is 3.88. The van der Waals surface area contributed by atoms with Crippen LogP contribution in [0.2, 0.25) is 0 Å². The molecule has 4 rings (SSSR count). The molecule has 0 N–H and O–H groups in total. The van der Waals surface area contributed by atoms with Gasteiger partial charge in [-0.3, -0.25) is 0 Å². The maximum absolute atomic E-state index is 2.30. The van der Waals surface area contributed by atoms with Gasteiger partial charge in [0.05, 0.1) is 0 Å². The minimum atomic E-state index is 1.28. The van der Waals surface area contributed by atoms with Crippen molar-refractivity contribution in [1.29, 1.82) is 0 Å². The molecule has 2 heteroatoms. The molecular formula is C19H13S2. The maximum atomic E-state index is 2.30. The van der Waals surface area contributed by atoms with Crippen LogP contribution in [0.25, 0.3) is 20.9 Å². The van der Waals surface area contributed by atoms with Crippen molar-refractivity contribution < 1.29 is 0 Å². The van der Waals surface area contributed by atoms with Crippen LogP contribution in [0.5, 0.6) is 0 Å². The first-order chi connectivity index (χ1) is 10.4. The summed E-state index contributed by atoms with van der Waals surface area (Å²) in [6, 6.07) is 15.5. The SMILES string of the molecule is [CH]1[CH][CH][C](c2cc(-c3cccs3)cc(-c3cccs3)c2)[CH]1. The highest BCUT2D eigenvalue weighted by Gasteiger charge is 2.20. The lowest BCUT2D eigenvalue weighted by Crippen LogP contribution is -1.95. The number of hydrogen-bond acceptors (Lipinski definition) is 2. The Morgan fingerprint density at radius 2 is 1.14 bits per heavy atom. The highest BCUT2D eigenvalue weighted by molar-refractivity contribution is 7.14.